The predicted octanol–water partition coefficient (Wildman–Crippen LogP) is 5.83. The third-order valence-electron chi connectivity index (χ3n) is 5.56. The first-order valence-electron chi connectivity index (χ1n) is 9.61. The predicted molar refractivity (Wildman–Crippen MR) is 112 cm³/mol. The number of pyridine rings is 2. The van der Waals surface area contributed by atoms with Gasteiger partial charge in [-0.15, -0.1) is 0 Å². The number of nitrogens with zero attached hydrogens (tertiary/aromatic N) is 4. The summed E-state index contributed by atoms with van der Waals surface area (Å²) in [5.74, 6) is 1.69. The average Bonchev–Trinajstić information content (AvgIpc) is 3.01. The first-order valence-corrected chi connectivity index (χ1v) is 10.4. The zero-order valence-electron chi connectivity index (χ0n) is 16.0. The fourth-order valence-corrected chi connectivity index (χ4v) is 4.45. The first-order chi connectivity index (χ1) is 13.4. The van der Waals surface area contributed by atoms with Crippen LogP contribution in [0.3, 0.4) is 0 Å². The van der Waals surface area contributed by atoms with Crippen molar-refractivity contribution in [2.75, 3.05) is 0 Å². The van der Waals surface area contributed by atoms with E-state index in [1.165, 1.54) is 12.8 Å². The topological polar surface area (TPSA) is 60.7 Å². The zero-order valence-corrected chi connectivity index (χ0v) is 17.5. The second-order valence-corrected chi connectivity index (χ2v) is 8.60. The molecule has 0 aromatic carbocycles. The van der Waals surface area contributed by atoms with Crippen molar-refractivity contribution in [2.24, 2.45) is 11.8 Å². The Labute approximate surface area is 174 Å². The van der Waals surface area contributed by atoms with Crippen molar-refractivity contribution in [1.29, 1.82) is 0 Å². The maximum Gasteiger partial charge on any atom is 0.195 e. The molecule has 7 heteroatoms. The molecule has 1 aliphatic rings. The lowest BCUT2D eigenvalue weighted by molar-refractivity contribution is 0.0998. The maximum atomic E-state index is 12.3. The van der Waals surface area contributed by atoms with Crippen molar-refractivity contribution in [3.63, 3.8) is 0 Å². The summed E-state index contributed by atoms with van der Waals surface area (Å²) in [5.41, 5.74) is 2.90. The van der Waals surface area contributed by atoms with E-state index in [0.717, 1.165) is 36.4 Å². The molecule has 0 radical (unpaired) electrons. The van der Waals surface area contributed by atoms with Crippen LogP contribution >= 0.6 is 23.2 Å². The number of ketones is 1. The van der Waals surface area contributed by atoms with Crippen LogP contribution in [-0.2, 0) is 6.54 Å². The number of fused-ring (bicyclic) bond motifs is 1. The molecule has 0 atom stereocenters. The summed E-state index contributed by atoms with van der Waals surface area (Å²) in [4.78, 5) is 25.7. The van der Waals surface area contributed by atoms with Gasteiger partial charge in [-0.2, -0.15) is 0 Å². The van der Waals surface area contributed by atoms with Crippen molar-refractivity contribution in [3.05, 3.63) is 40.5 Å². The molecule has 1 fully saturated rings. The molecule has 4 rings (SSSR count). The summed E-state index contributed by atoms with van der Waals surface area (Å²) in [7, 11) is 0. The molecule has 0 bridgehead atoms. The molecule has 3 aromatic rings. The molecule has 1 aliphatic carbocycles. The molecule has 3 heterocycles. The molecular weight excluding hydrogens is 395 g/mol. The van der Waals surface area contributed by atoms with Gasteiger partial charge in [0.1, 0.15) is 5.15 Å². The number of Topliss-reactive ketones (excluding diaryl/α,β-unsaturated/α-hetero) is 1. The molecule has 146 valence electrons. The highest BCUT2D eigenvalue weighted by molar-refractivity contribution is 6.31. The van der Waals surface area contributed by atoms with E-state index in [9.17, 15) is 4.79 Å². The lowest BCUT2D eigenvalue weighted by atomic mass is 9.83. The van der Waals surface area contributed by atoms with E-state index in [2.05, 4.69) is 21.9 Å². The van der Waals surface area contributed by atoms with Crippen LogP contribution in [0.2, 0.25) is 10.2 Å². The largest absolute Gasteiger partial charge is 0.319 e. The van der Waals surface area contributed by atoms with Gasteiger partial charge in [0, 0.05) is 37.5 Å². The highest BCUT2D eigenvalue weighted by Crippen LogP contribution is 2.34. The minimum atomic E-state index is -0.0633. The minimum Gasteiger partial charge on any atom is -0.319 e. The van der Waals surface area contributed by atoms with Crippen molar-refractivity contribution in [2.45, 2.75) is 46.1 Å². The molecule has 0 saturated heterocycles. The van der Waals surface area contributed by atoms with Gasteiger partial charge < -0.3 is 4.57 Å². The highest BCUT2D eigenvalue weighted by atomic mass is 35.5. The van der Waals surface area contributed by atoms with Crippen LogP contribution in [-0.4, -0.2) is 25.3 Å². The molecule has 0 aliphatic heterocycles. The van der Waals surface area contributed by atoms with Crippen LogP contribution in [0.5, 0.6) is 0 Å². The standard InChI is InChI=1S/C21H22Cl2N4O/c1-12-3-5-14(6-4-12)11-27-20-17(25-21(27)13(2)28)8-18(23)26-19(20)15-7-16(22)10-24-9-15/h7-10,12,14H,3-6,11H2,1-2H3. The van der Waals surface area contributed by atoms with E-state index < -0.39 is 0 Å². The third kappa shape index (κ3) is 3.78. The number of imidazole rings is 1. The smallest absolute Gasteiger partial charge is 0.195 e. The van der Waals surface area contributed by atoms with Crippen molar-refractivity contribution in [3.8, 4) is 11.3 Å². The number of hydrogen-bond acceptors (Lipinski definition) is 4. The third-order valence-corrected chi connectivity index (χ3v) is 5.96. The second-order valence-electron chi connectivity index (χ2n) is 7.78. The van der Waals surface area contributed by atoms with E-state index in [4.69, 9.17) is 23.2 Å². The normalized spacial score (nSPS) is 19.9. The molecule has 0 N–H and O–H groups in total. The Hall–Kier alpha value is -1.98. The minimum absolute atomic E-state index is 0.0633. The SMILES string of the molecule is CC(=O)c1nc2cc(Cl)nc(-c3cncc(Cl)c3)c2n1CC1CCC(C)CC1. The molecule has 0 spiro atoms. The lowest BCUT2D eigenvalue weighted by Gasteiger charge is -2.27. The van der Waals surface area contributed by atoms with Gasteiger partial charge in [-0.3, -0.25) is 9.78 Å². The summed E-state index contributed by atoms with van der Waals surface area (Å²) in [5, 5.41) is 0.847. The fourth-order valence-electron chi connectivity index (χ4n) is 4.09. The summed E-state index contributed by atoms with van der Waals surface area (Å²) in [6, 6.07) is 3.52. The van der Waals surface area contributed by atoms with Crippen molar-refractivity contribution < 1.29 is 4.79 Å². The van der Waals surface area contributed by atoms with Gasteiger partial charge in [0.2, 0.25) is 0 Å². The van der Waals surface area contributed by atoms with Gasteiger partial charge in [0.15, 0.2) is 11.6 Å². The second kappa shape index (κ2) is 7.80. The highest BCUT2D eigenvalue weighted by Gasteiger charge is 2.24. The van der Waals surface area contributed by atoms with Gasteiger partial charge in [-0.1, -0.05) is 43.0 Å². The Kier molecular flexibility index (Phi) is 5.39. The van der Waals surface area contributed by atoms with E-state index in [1.807, 2.05) is 4.57 Å². The summed E-state index contributed by atoms with van der Waals surface area (Å²) in [6.45, 7) is 4.61. The first kappa shape index (κ1) is 19.3. The zero-order chi connectivity index (χ0) is 19.8. The summed E-state index contributed by atoms with van der Waals surface area (Å²) >= 11 is 12.4. The lowest BCUT2D eigenvalue weighted by Crippen LogP contribution is -2.20. The molecule has 3 aromatic heterocycles. The Morgan fingerprint density at radius 2 is 1.89 bits per heavy atom. The quantitative estimate of drug-likeness (QED) is 0.396. The number of carbonyl (C=O) groups is 1. The van der Waals surface area contributed by atoms with Gasteiger partial charge in [0.05, 0.1) is 21.7 Å². The number of halogens is 2. The van der Waals surface area contributed by atoms with Gasteiger partial charge >= 0.3 is 0 Å². The number of carbonyl (C=O) groups excluding carboxylic acids is 1. The Bertz CT molecular complexity index is 1040. The number of rotatable bonds is 4. The molecule has 0 amide bonds. The Morgan fingerprint density at radius 1 is 1.14 bits per heavy atom. The van der Waals surface area contributed by atoms with E-state index >= 15 is 0 Å². The van der Waals surface area contributed by atoms with Crippen LogP contribution < -0.4 is 0 Å². The fraction of sp³-hybridized carbons (Fsp3) is 0.429. The van der Waals surface area contributed by atoms with E-state index in [-0.39, 0.29) is 5.78 Å². The molecular formula is C21H22Cl2N4O. The average molecular weight is 417 g/mol. The Balaban J connectivity index is 1.88. The van der Waals surface area contributed by atoms with E-state index in [1.54, 1.807) is 31.5 Å². The molecule has 0 unspecified atom stereocenters. The van der Waals surface area contributed by atoms with Gasteiger partial charge in [0.25, 0.3) is 0 Å². The summed E-state index contributed by atoms with van der Waals surface area (Å²) in [6.07, 6.45) is 8.05. The number of hydrogen-bond donors (Lipinski definition) is 0. The van der Waals surface area contributed by atoms with Gasteiger partial charge in [-0.25, -0.2) is 9.97 Å². The van der Waals surface area contributed by atoms with Crippen LogP contribution in [0.15, 0.2) is 24.5 Å². The monoisotopic (exact) mass is 416 g/mol. The Morgan fingerprint density at radius 3 is 2.57 bits per heavy atom. The van der Waals surface area contributed by atoms with E-state index in [0.29, 0.717) is 33.1 Å². The molecule has 28 heavy (non-hydrogen) atoms. The van der Waals surface area contributed by atoms with Crippen LogP contribution in [0.4, 0.5) is 0 Å². The van der Waals surface area contributed by atoms with Gasteiger partial charge in [-0.05, 0) is 30.7 Å². The maximum absolute atomic E-state index is 12.3. The van der Waals surface area contributed by atoms with Crippen LogP contribution in [0.1, 0.15) is 50.1 Å². The summed E-state index contributed by atoms with van der Waals surface area (Å²) < 4.78 is 2.03. The van der Waals surface area contributed by atoms with Crippen molar-refractivity contribution >= 4 is 40.0 Å². The molecule has 1 saturated carbocycles. The van der Waals surface area contributed by atoms with Crippen LogP contribution in [0, 0.1) is 11.8 Å². The number of aromatic nitrogens is 4. The molecule has 5 nitrogen and oxygen atoms in total. The van der Waals surface area contributed by atoms with Crippen molar-refractivity contribution in [1.82, 2.24) is 19.5 Å². The van der Waals surface area contributed by atoms with Crippen LogP contribution in [0.25, 0.3) is 22.3 Å².